The van der Waals surface area contributed by atoms with Gasteiger partial charge in [0.2, 0.25) is 0 Å². The molecule has 14 heavy (non-hydrogen) atoms. The molecule has 0 aromatic rings. The predicted molar refractivity (Wildman–Crippen MR) is 55.5 cm³/mol. The normalized spacial score (nSPS) is 36.2. The van der Waals surface area contributed by atoms with Crippen LogP contribution in [0.1, 0.15) is 38.5 Å². The second-order valence-electron chi connectivity index (χ2n) is 4.29. The Hall–Kier alpha value is 1.21. The summed E-state index contributed by atoms with van der Waals surface area (Å²) in [4.78, 5) is 0. The first-order chi connectivity index (χ1) is 5.90. The Balaban J connectivity index is 0.000000845. The fourth-order valence-corrected chi connectivity index (χ4v) is 2.83. The van der Waals surface area contributed by atoms with Gasteiger partial charge >= 0.3 is 23.1 Å². The second kappa shape index (κ2) is 7.47. The summed E-state index contributed by atoms with van der Waals surface area (Å²) in [6.07, 6.45) is 11.2. The third-order valence-corrected chi connectivity index (χ3v) is 3.64. The minimum Gasteiger partial charge on any atom is -1.00 e. The van der Waals surface area contributed by atoms with Gasteiger partial charge in [-0.2, -0.15) is 12.8 Å². The van der Waals surface area contributed by atoms with Crippen molar-refractivity contribution in [3.63, 3.8) is 0 Å². The smallest absolute Gasteiger partial charge is 1.00 e. The molecule has 0 aromatic carbocycles. The van der Waals surface area contributed by atoms with E-state index in [1.54, 1.807) is 0 Å². The molecule has 3 unspecified atom stereocenters. The summed E-state index contributed by atoms with van der Waals surface area (Å²) in [5, 5.41) is 0. The van der Waals surface area contributed by atoms with Crippen LogP contribution in [0, 0.1) is 18.3 Å². The Bertz CT molecular complexity index is 154. The fourth-order valence-electron chi connectivity index (χ4n) is 2.83. The molecule has 2 saturated carbocycles. The van der Waals surface area contributed by atoms with Gasteiger partial charge in [-0.15, -0.1) is 0 Å². The summed E-state index contributed by atoms with van der Waals surface area (Å²) in [6.45, 7) is 0. The second-order valence-corrected chi connectivity index (χ2v) is 4.29. The Labute approximate surface area is 114 Å². The van der Waals surface area contributed by atoms with Gasteiger partial charge in [0.05, 0.1) is 6.10 Å². The fraction of sp³-hybridized carbons (Fsp3) is 0.909. The number of halogens is 1. The topological polar surface area (TPSA) is 9.23 Å². The van der Waals surface area contributed by atoms with E-state index in [4.69, 9.17) is 4.74 Å². The molecule has 3 heteroatoms. The Morgan fingerprint density at radius 1 is 1.14 bits per heavy atom. The minimum atomic E-state index is 0. The van der Waals surface area contributed by atoms with Crippen LogP contribution in [-0.2, 0) is 4.74 Å². The van der Waals surface area contributed by atoms with E-state index < -0.39 is 0 Å². The maximum Gasteiger partial charge on any atom is 2.00 e. The van der Waals surface area contributed by atoms with Gasteiger partial charge in [0, 0.05) is 7.11 Å². The van der Waals surface area contributed by atoms with Crippen LogP contribution in [0.25, 0.3) is 0 Å². The third-order valence-electron chi connectivity index (χ3n) is 3.64. The average molecular weight is 271 g/mol. The molecular weight excluding hydrogens is 252 g/mol. The molecule has 0 radical (unpaired) electrons. The standard InChI is InChI=1S/C11H19O.BrH.Mg/c1-12-11-7-6-9-4-2-3-5-10(9)8-11;;/h2,9-11H,3-8H2,1H3;1H;/q-1;;+2/p-1. The Morgan fingerprint density at radius 3 is 2.64 bits per heavy atom. The summed E-state index contributed by atoms with van der Waals surface area (Å²) < 4.78 is 5.43. The van der Waals surface area contributed by atoms with Crippen molar-refractivity contribution in [3.8, 4) is 0 Å². The molecule has 2 fully saturated rings. The molecule has 0 heterocycles. The van der Waals surface area contributed by atoms with Crippen molar-refractivity contribution in [1.82, 2.24) is 0 Å². The molecule has 0 bridgehead atoms. The van der Waals surface area contributed by atoms with Gasteiger partial charge in [-0.05, 0) is 18.8 Å². The number of rotatable bonds is 1. The summed E-state index contributed by atoms with van der Waals surface area (Å²) >= 11 is 0. The van der Waals surface area contributed by atoms with E-state index in [0.717, 1.165) is 11.8 Å². The molecule has 0 N–H and O–H groups in total. The van der Waals surface area contributed by atoms with Gasteiger partial charge < -0.3 is 28.1 Å². The van der Waals surface area contributed by atoms with Gasteiger partial charge in [-0.1, -0.05) is 18.8 Å². The van der Waals surface area contributed by atoms with E-state index in [-0.39, 0.29) is 40.0 Å². The first-order valence-corrected chi connectivity index (χ1v) is 5.24. The first kappa shape index (κ1) is 15.2. The molecule has 1 nitrogen and oxygen atoms in total. The van der Waals surface area contributed by atoms with E-state index in [1.807, 2.05) is 7.11 Å². The molecule has 2 aliphatic rings. The van der Waals surface area contributed by atoms with Gasteiger partial charge in [-0.3, -0.25) is 0 Å². The third kappa shape index (κ3) is 3.65. The molecule has 0 spiro atoms. The molecule has 3 atom stereocenters. The Kier molecular flexibility index (Phi) is 8.12. The van der Waals surface area contributed by atoms with E-state index in [0.29, 0.717) is 6.10 Å². The zero-order chi connectivity index (χ0) is 8.39. The molecule has 78 valence electrons. The Morgan fingerprint density at radius 2 is 1.93 bits per heavy atom. The van der Waals surface area contributed by atoms with Crippen LogP contribution >= 0.6 is 0 Å². The molecule has 2 aliphatic carbocycles. The van der Waals surface area contributed by atoms with Crippen molar-refractivity contribution < 1.29 is 21.7 Å². The zero-order valence-corrected chi connectivity index (χ0v) is 12.0. The monoisotopic (exact) mass is 270 g/mol. The quantitative estimate of drug-likeness (QED) is 0.458. The number of fused-ring (bicyclic) bond motifs is 1. The summed E-state index contributed by atoms with van der Waals surface area (Å²) in [6, 6.07) is 0. The zero-order valence-electron chi connectivity index (χ0n) is 9.05. The van der Waals surface area contributed by atoms with Crippen LogP contribution in [0.4, 0.5) is 0 Å². The summed E-state index contributed by atoms with van der Waals surface area (Å²) in [7, 11) is 1.86. The van der Waals surface area contributed by atoms with Crippen molar-refractivity contribution in [1.29, 1.82) is 0 Å². The van der Waals surface area contributed by atoms with Crippen molar-refractivity contribution >= 4 is 23.1 Å². The van der Waals surface area contributed by atoms with Crippen LogP contribution < -0.4 is 17.0 Å². The number of ether oxygens (including phenoxy) is 1. The molecule has 0 saturated heterocycles. The molecule has 2 rings (SSSR count). The number of hydrogen-bond acceptors (Lipinski definition) is 1. The van der Waals surface area contributed by atoms with Crippen molar-refractivity contribution in [2.24, 2.45) is 11.8 Å². The SMILES string of the molecule is COC1CCC2C[CH-]CCC2C1.[Br-].[Mg+2]. The van der Waals surface area contributed by atoms with Crippen molar-refractivity contribution in [2.45, 2.75) is 44.6 Å². The van der Waals surface area contributed by atoms with Crippen LogP contribution in [0.2, 0.25) is 0 Å². The molecular formula is C11H19BrMgO. The van der Waals surface area contributed by atoms with Crippen molar-refractivity contribution in [2.75, 3.05) is 7.11 Å². The maximum absolute atomic E-state index is 5.43. The largest absolute Gasteiger partial charge is 2.00 e. The number of methoxy groups -OCH3 is 1. The molecule has 0 aliphatic heterocycles. The van der Waals surface area contributed by atoms with Gasteiger partial charge in [0.1, 0.15) is 0 Å². The maximum atomic E-state index is 5.43. The van der Waals surface area contributed by atoms with E-state index in [9.17, 15) is 0 Å². The van der Waals surface area contributed by atoms with Crippen LogP contribution in [0.3, 0.4) is 0 Å². The van der Waals surface area contributed by atoms with Gasteiger partial charge in [0.15, 0.2) is 0 Å². The van der Waals surface area contributed by atoms with E-state index in [2.05, 4.69) is 6.42 Å². The van der Waals surface area contributed by atoms with E-state index in [1.165, 1.54) is 38.5 Å². The average Bonchev–Trinajstić information content (AvgIpc) is 2.17. The minimum absolute atomic E-state index is 0. The summed E-state index contributed by atoms with van der Waals surface area (Å²) in [5.41, 5.74) is 0. The van der Waals surface area contributed by atoms with Crippen molar-refractivity contribution in [3.05, 3.63) is 6.42 Å². The molecule has 0 aromatic heterocycles. The first-order valence-electron chi connectivity index (χ1n) is 5.24. The summed E-state index contributed by atoms with van der Waals surface area (Å²) in [5.74, 6) is 1.99. The number of hydrogen-bond donors (Lipinski definition) is 0. The van der Waals surface area contributed by atoms with Crippen LogP contribution in [-0.4, -0.2) is 36.3 Å². The predicted octanol–water partition coefficient (Wildman–Crippen LogP) is -0.571. The van der Waals surface area contributed by atoms with E-state index >= 15 is 0 Å². The van der Waals surface area contributed by atoms with Crippen LogP contribution in [0.15, 0.2) is 0 Å². The van der Waals surface area contributed by atoms with Gasteiger partial charge in [-0.25, -0.2) is 0 Å². The van der Waals surface area contributed by atoms with Crippen LogP contribution in [0.5, 0.6) is 0 Å². The van der Waals surface area contributed by atoms with Gasteiger partial charge in [0.25, 0.3) is 0 Å². The molecule has 0 amide bonds.